The number of carbonyl (C=O) groups excluding carboxylic acids is 1. The predicted molar refractivity (Wildman–Crippen MR) is 101 cm³/mol. The molecule has 1 saturated carbocycles. The molecule has 1 aliphatic rings. The van der Waals surface area contributed by atoms with Gasteiger partial charge in [0.2, 0.25) is 5.91 Å². The molecule has 3 rings (SSSR count). The minimum atomic E-state index is -0.427. The number of thioether (sulfide) groups is 1. The Morgan fingerprint density at radius 2 is 2.00 bits per heavy atom. The molecule has 142 valence electrons. The van der Waals surface area contributed by atoms with E-state index in [0.717, 1.165) is 17.4 Å². The number of amides is 1. The van der Waals surface area contributed by atoms with Crippen LogP contribution < -0.4 is 16.6 Å². The largest absolute Gasteiger partial charge is 0.352 e. The van der Waals surface area contributed by atoms with Gasteiger partial charge < -0.3 is 10.3 Å². The van der Waals surface area contributed by atoms with Gasteiger partial charge in [-0.05, 0) is 18.3 Å². The maximum absolute atomic E-state index is 12.3. The van der Waals surface area contributed by atoms with Crippen molar-refractivity contribution in [1.82, 2.24) is 24.4 Å². The Morgan fingerprint density at radius 3 is 2.73 bits per heavy atom. The molecule has 2 N–H and O–H groups in total. The Kier molecular flexibility index (Phi) is 5.27. The van der Waals surface area contributed by atoms with Gasteiger partial charge in [0.25, 0.3) is 5.56 Å². The first-order chi connectivity index (χ1) is 12.3. The lowest BCUT2D eigenvalue weighted by Crippen LogP contribution is -2.44. The molecule has 0 bridgehead atoms. The number of H-pyrrole nitrogens is 1. The molecule has 0 unspecified atom stereocenters. The number of aryl methyl sites for hydroxylation is 1. The van der Waals surface area contributed by atoms with Gasteiger partial charge in [-0.1, -0.05) is 38.5 Å². The summed E-state index contributed by atoms with van der Waals surface area (Å²) in [5.74, 6) is 1.27. The highest BCUT2D eigenvalue weighted by molar-refractivity contribution is 7.99. The molecule has 1 aliphatic carbocycles. The van der Waals surface area contributed by atoms with Gasteiger partial charge in [0.05, 0.1) is 5.75 Å². The van der Waals surface area contributed by atoms with Crippen LogP contribution in [0.4, 0.5) is 0 Å². The summed E-state index contributed by atoms with van der Waals surface area (Å²) in [5.41, 5.74) is -0.274. The number of aromatic amines is 1. The van der Waals surface area contributed by atoms with Gasteiger partial charge in [-0.3, -0.25) is 18.7 Å². The second-order valence-electron chi connectivity index (χ2n) is 7.18. The van der Waals surface area contributed by atoms with Crippen LogP contribution >= 0.6 is 11.8 Å². The molecule has 0 saturated heterocycles. The standard InChI is InChI=1S/C17H25N5O3S/c1-9-6-5-7-11(10(9)2)18-12(23)8-26-16-19-13-14(20-16)21(3)17(25)22(4)15(13)24/h9-11H,5-8H2,1-4H3,(H,18,23)(H,19,20)/t9-,10+,11-/m1/s1. The average Bonchev–Trinajstić information content (AvgIpc) is 3.05. The maximum atomic E-state index is 12.3. The fourth-order valence-electron chi connectivity index (χ4n) is 3.54. The molecule has 3 atom stereocenters. The molecule has 0 spiro atoms. The van der Waals surface area contributed by atoms with E-state index >= 15 is 0 Å². The number of nitrogens with one attached hydrogen (secondary N) is 2. The Balaban J connectivity index is 1.69. The first-order valence-corrected chi connectivity index (χ1v) is 9.86. The van der Waals surface area contributed by atoms with Crippen LogP contribution in [-0.4, -0.2) is 36.8 Å². The zero-order chi connectivity index (χ0) is 19.0. The molecule has 9 heteroatoms. The first kappa shape index (κ1) is 18.8. The molecule has 0 aromatic carbocycles. The Hall–Kier alpha value is -2.03. The molecule has 0 aliphatic heterocycles. The van der Waals surface area contributed by atoms with Gasteiger partial charge in [0, 0.05) is 20.1 Å². The van der Waals surface area contributed by atoms with Crippen LogP contribution in [0.1, 0.15) is 33.1 Å². The average molecular weight is 379 g/mol. The van der Waals surface area contributed by atoms with Gasteiger partial charge in [-0.15, -0.1) is 0 Å². The van der Waals surface area contributed by atoms with Crippen molar-refractivity contribution >= 4 is 28.8 Å². The van der Waals surface area contributed by atoms with Crippen molar-refractivity contribution in [3.8, 4) is 0 Å². The number of hydrogen-bond acceptors (Lipinski definition) is 5. The summed E-state index contributed by atoms with van der Waals surface area (Å²) in [4.78, 5) is 43.7. The predicted octanol–water partition coefficient (Wildman–Crippen LogP) is 0.993. The van der Waals surface area contributed by atoms with Crippen LogP contribution in [0.5, 0.6) is 0 Å². The quantitative estimate of drug-likeness (QED) is 0.772. The fraction of sp³-hybridized carbons (Fsp3) is 0.647. The lowest BCUT2D eigenvalue weighted by Gasteiger charge is -2.34. The normalized spacial score (nSPS) is 23.3. The summed E-state index contributed by atoms with van der Waals surface area (Å²) >= 11 is 1.23. The molecule has 8 nitrogen and oxygen atoms in total. The van der Waals surface area contributed by atoms with Crippen molar-refractivity contribution in [2.45, 2.75) is 44.3 Å². The van der Waals surface area contributed by atoms with E-state index in [2.05, 4.69) is 29.1 Å². The number of rotatable bonds is 4. The van der Waals surface area contributed by atoms with Crippen LogP contribution in [0.2, 0.25) is 0 Å². The Morgan fingerprint density at radius 1 is 1.27 bits per heavy atom. The smallest absolute Gasteiger partial charge is 0.332 e. The third-order valence-electron chi connectivity index (χ3n) is 5.47. The fourth-order valence-corrected chi connectivity index (χ4v) is 4.22. The second-order valence-corrected chi connectivity index (χ2v) is 8.14. The summed E-state index contributed by atoms with van der Waals surface area (Å²) < 4.78 is 2.36. The highest BCUT2D eigenvalue weighted by atomic mass is 32.2. The molecule has 2 aromatic rings. The third-order valence-corrected chi connectivity index (χ3v) is 6.34. The summed E-state index contributed by atoms with van der Waals surface area (Å²) in [5, 5.41) is 3.58. The number of nitrogens with zero attached hydrogens (tertiary/aromatic N) is 3. The first-order valence-electron chi connectivity index (χ1n) is 8.87. The van der Waals surface area contributed by atoms with E-state index < -0.39 is 11.2 Å². The van der Waals surface area contributed by atoms with Crippen LogP contribution in [0.15, 0.2) is 14.7 Å². The molecule has 2 aromatic heterocycles. The van der Waals surface area contributed by atoms with E-state index in [1.165, 1.54) is 29.8 Å². The highest BCUT2D eigenvalue weighted by Gasteiger charge is 2.28. The van der Waals surface area contributed by atoms with Crippen LogP contribution in [0, 0.1) is 11.8 Å². The lowest BCUT2D eigenvalue weighted by atomic mass is 9.78. The monoisotopic (exact) mass is 379 g/mol. The molecular formula is C17H25N5O3S. The number of imidazole rings is 1. The van der Waals surface area contributed by atoms with Gasteiger partial charge in [0.15, 0.2) is 16.3 Å². The van der Waals surface area contributed by atoms with Crippen molar-refractivity contribution < 1.29 is 4.79 Å². The Bertz CT molecular complexity index is 944. The molecule has 1 fully saturated rings. The summed E-state index contributed by atoms with van der Waals surface area (Å²) in [6.45, 7) is 4.42. The van der Waals surface area contributed by atoms with Crippen molar-refractivity contribution in [3.05, 3.63) is 20.8 Å². The minimum Gasteiger partial charge on any atom is -0.352 e. The number of fused-ring (bicyclic) bond motifs is 1. The van der Waals surface area contributed by atoms with Gasteiger partial charge in [-0.25, -0.2) is 9.78 Å². The van der Waals surface area contributed by atoms with E-state index in [4.69, 9.17) is 0 Å². The van der Waals surface area contributed by atoms with Gasteiger partial charge in [0.1, 0.15) is 0 Å². The maximum Gasteiger partial charge on any atom is 0.332 e. The molecule has 2 heterocycles. The molecule has 26 heavy (non-hydrogen) atoms. The minimum absolute atomic E-state index is 0.0387. The van der Waals surface area contributed by atoms with E-state index in [1.54, 1.807) is 7.05 Å². The number of carbonyl (C=O) groups is 1. The number of aromatic nitrogens is 4. The van der Waals surface area contributed by atoms with Crippen molar-refractivity contribution in [2.24, 2.45) is 25.9 Å². The molecule has 1 amide bonds. The highest BCUT2D eigenvalue weighted by Crippen LogP contribution is 2.29. The molecule has 0 radical (unpaired) electrons. The van der Waals surface area contributed by atoms with Crippen molar-refractivity contribution in [2.75, 3.05) is 5.75 Å². The van der Waals surface area contributed by atoms with E-state index in [1.807, 2.05) is 0 Å². The topological polar surface area (TPSA) is 102 Å². The van der Waals surface area contributed by atoms with Crippen LogP contribution in [0.25, 0.3) is 11.2 Å². The van der Waals surface area contributed by atoms with E-state index in [0.29, 0.717) is 22.6 Å². The van der Waals surface area contributed by atoms with Crippen LogP contribution in [0.3, 0.4) is 0 Å². The second kappa shape index (κ2) is 7.30. The number of hydrogen-bond donors (Lipinski definition) is 2. The van der Waals surface area contributed by atoms with Gasteiger partial charge >= 0.3 is 5.69 Å². The van der Waals surface area contributed by atoms with Crippen LogP contribution in [-0.2, 0) is 18.9 Å². The lowest BCUT2D eigenvalue weighted by molar-refractivity contribution is -0.120. The summed E-state index contributed by atoms with van der Waals surface area (Å²) in [6.07, 6.45) is 3.38. The Labute approximate surface area is 155 Å². The van der Waals surface area contributed by atoms with E-state index in [-0.39, 0.29) is 23.2 Å². The van der Waals surface area contributed by atoms with Gasteiger partial charge in [-0.2, -0.15) is 0 Å². The van der Waals surface area contributed by atoms with Crippen molar-refractivity contribution in [1.29, 1.82) is 0 Å². The summed E-state index contributed by atoms with van der Waals surface area (Å²) in [6, 6.07) is 0.218. The zero-order valence-corrected chi connectivity index (χ0v) is 16.4. The molecular weight excluding hydrogens is 354 g/mol. The summed E-state index contributed by atoms with van der Waals surface area (Å²) in [7, 11) is 3.00. The third kappa shape index (κ3) is 3.44. The zero-order valence-electron chi connectivity index (χ0n) is 15.5. The van der Waals surface area contributed by atoms with Crippen molar-refractivity contribution in [3.63, 3.8) is 0 Å². The van der Waals surface area contributed by atoms with E-state index in [9.17, 15) is 14.4 Å². The SMILES string of the molecule is C[C@H]1[C@H](C)CCC[C@H]1NC(=O)CSc1nc2c([nH]1)c(=O)n(C)c(=O)n2C.